The average Bonchev–Trinajstić information content (AvgIpc) is 2.84. The molecule has 0 aromatic heterocycles. The summed E-state index contributed by atoms with van der Waals surface area (Å²) in [4.78, 5) is 24.6. The monoisotopic (exact) mass is 315 g/mol. The van der Waals surface area contributed by atoms with Gasteiger partial charge >= 0.3 is 12.1 Å². The van der Waals surface area contributed by atoms with Crippen LogP contribution in [0.4, 0.5) is 13.2 Å². The number of amides is 1. The number of carbonyl (C=O) groups excluding carboxylic acids is 1. The molecule has 1 fully saturated rings. The Labute approximate surface area is 125 Å². The van der Waals surface area contributed by atoms with Gasteiger partial charge in [0.15, 0.2) is 5.41 Å². The molecular formula is C15H16F3NO3. The van der Waals surface area contributed by atoms with Gasteiger partial charge in [0.1, 0.15) is 0 Å². The topological polar surface area (TPSA) is 57.6 Å². The van der Waals surface area contributed by atoms with Crippen molar-refractivity contribution in [3.8, 4) is 0 Å². The van der Waals surface area contributed by atoms with E-state index in [1.54, 1.807) is 32.0 Å². The molecule has 1 aromatic carbocycles. The largest absolute Gasteiger partial charge is 0.481 e. The molecule has 0 bridgehead atoms. The van der Waals surface area contributed by atoms with Crippen molar-refractivity contribution in [1.29, 1.82) is 0 Å². The second kappa shape index (κ2) is 5.30. The molecule has 1 aliphatic heterocycles. The molecule has 1 amide bonds. The van der Waals surface area contributed by atoms with Gasteiger partial charge in [0, 0.05) is 18.7 Å². The zero-order valence-electron chi connectivity index (χ0n) is 12.2. The van der Waals surface area contributed by atoms with Gasteiger partial charge in [-0.15, -0.1) is 0 Å². The maximum Gasteiger partial charge on any atom is 0.406 e. The van der Waals surface area contributed by atoms with Crippen LogP contribution in [0.15, 0.2) is 18.2 Å². The van der Waals surface area contributed by atoms with Crippen LogP contribution in [0.1, 0.15) is 27.9 Å². The number of aliphatic carboxylic acids is 1. The number of carboxylic acids is 1. The fourth-order valence-corrected chi connectivity index (χ4v) is 2.82. The fourth-order valence-electron chi connectivity index (χ4n) is 2.82. The van der Waals surface area contributed by atoms with E-state index in [-0.39, 0.29) is 6.54 Å². The lowest BCUT2D eigenvalue weighted by molar-refractivity contribution is -0.227. The minimum atomic E-state index is -4.89. The number of alkyl halides is 3. The van der Waals surface area contributed by atoms with E-state index in [4.69, 9.17) is 5.11 Å². The molecule has 1 atom stereocenters. The Kier molecular flexibility index (Phi) is 3.93. The Morgan fingerprint density at radius 3 is 2.18 bits per heavy atom. The first-order valence-corrected chi connectivity index (χ1v) is 6.76. The number of hydrogen-bond acceptors (Lipinski definition) is 2. The van der Waals surface area contributed by atoms with Gasteiger partial charge in [-0.2, -0.15) is 13.2 Å². The normalized spacial score (nSPS) is 22.0. The molecule has 1 aliphatic rings. The smallest absolute Gasteiger partial charge is 0.406 e. The summed E-state index contributed by atoms with van der Waals surface area (Å²) < 4.78 is 39.4. The van der Waals surface area contributed by atoms with Crippen molar-refractivity contribution in [3.05, 3.63) is 34.9 Å². The summed E-state index contributed by atoms with van der Waals surface area (Å²) in [5.74, 6) is -2.49. The summed E-state index contributed by atoms with van der Waals surface area (Å²) in [5, 5.41) is 9.02. The molecule has 1 heterocycles. The standard InChI is InChI=1S/C15H16F3NO3/c1-9-4-3-5-10(2)11(9)12(20)19-7-6-14(8-19,13(21)22)15(16,17)18/h3-5H,6-8H2,1-2H3,(H,21,22). The molecule has 1 N–H and O–H groups in total. The van der Waals surface area contributed by atoms with E-state index in [9.17, 15) is 22.8 Å². The number of carboxylic acid groups (broad SMARTS) is 1. The van der Waals surface area contributed by atoms with Crippen molar-refractivity contribution in [2.75, 3.05) is 13.1 Å². The molecule has 120 valence electrons. The number of likely N-dealkylation sites (tertiary alicyclic amines) is 1. The van der Waals surface area contributed by atoms with Crippen LogP contribution >= 0.6 is 0 Å². The summed E-state index contributed by atoms with van der Waals surface area (Å²) in [6.45, 7) is 2.33. The minimum absolute atomic E-state index is 0.224. The molecule has 7 heteroatoms. The van der Waals surface area contributed by atoms with Crippen LogP contribution in [0.25, 0.3) is 0 Å². The summed E-state index contributed by atoms with van der Waals surface area (Å²) in [6.07, 6.45) is -5.52. The number of halogens is 3. The summed E-state index contributed by atoms with van der Waals surface area (Å²) in [6, 6.07) is 5.15. The van der Waals surface area contributed by atoms with E-state index in [2.05, 4.69) is 0 Å². The zero-order valence-corrected chi connectivity index (χ0v) is 12.2. The maximum atomic E-state index is 13.1. The van der Waals surface area contributed by atoms with Crippen LogP contribution in [-0.2, 0) is 4.79 Å². The fraction of sp³-hybridized carbons (Fsp3) is 0.467. The number of rotatable bonds is 2. The predicted molar refractivity (Wildman–Crippen MR) is 72.6 cm³/mol. The zero-order chi connectivity index (χ0) is 16.7. The first-order chi connectivity index (χ1) is 10.1. The van der Waals surface area contributed by atoms with Crippen molar-refractivity contribution >= 4 is 11.9 Å². The second-order valence-electron chi connectivity index (χ2n) is 5.63. The van der Waals surface area contributed by atoms with Gasteiger partial charge in [0.2, 0.25) is 0 Å². The average molecular weight is 315 g/mol. The van der Waals surface area contributed by atoms with Gasteiger partial charge in [-0.1, -0.05) is 18.2 Å². The Morgan fingerprint density at radius 1 is 1.23 bits per heavy atom. The van der Waals surface area contributed by atoms with E-state index < -0.39 is 36.4 Å². The van der Waals surface area contributed by atoms with E-state index in [0.717, 1.165) is 4.90 Å². The quantitative estimate of drug-likeness (QED) is 0.913. The Bertz CT molecular complexity index is 607. The third-order valence-corrected chi connectivity index (χ3v) is 4.20. The third-order valence-electron chi connectivity index (χ3n) is 4.20. The molecule has 1 aromatic rings. The molecular weight excluding hydrogens is 299 g/mol. The van der Waals surface area contributed by atoms with Crippen molar-refractivity contribution in [1.82, 2.24) is 4.90 Å². The lowest BCUT2D eigenvalue weighted by atomic mass is 9.86. The first kappa shape index (κ1) is 16.3. The van der Waals surface area contributed by atoms with Crippen LogP contribution in [0, 0.1) is 19.3 Å². The van der Waals surface area contributed by atoms with Crippen LogP contribution in [0.2, 0.25) is 0 Å². The molecule has 0 spiro atoms. The lowest BCUT2D eigenvalue weighted by Gasteiger charge is -2.27. The predicted octanol–water partition coefficient (Wildman–Crippen LogP) is 2.78. The van der Waals surface area contributed by atoms with Gasteiger partial charge in [-0.05, 0) is 31.4 Å². The highest BCUT2D eigenvalue weighted by molar-refractivity contribution is 5.97. The number of benzene rings is 1. The van der Waals surface area contributed by atoms with Crippen molar-refractivity contribution < 1.29 is 27.9 Å². The van der Waals surface area contributed by atoms with Crippen molar-refractivity contribution in [2.24, 2.45) is 5.41 Å². The molecule has 0 saturated carbocycles. The van der Waals surface area contributed by atoms with E-state index >= 15 is 0 Å². The molecule has 22 heavy (non-hydrogen) atoms. The first-order valence-electron chi connectivity index (χ1n) is 6.76. The van der Waals surface area contributed by atoms with Crippen LogP contribution in [0.5, 0.6) is 0 Å². The molecule has 0 radical (unpaired) electrons. The number of hydrogen-bond donors (Lipinski definition) is 1. The van der Waals surface area contributed by atoms with Gasteiger partial charge in [0.25, 0.3) is 5.91 Å². The third kappa shape index (κ3) is 2.44. The number of nitrogens with zero attached hydrogens (tertiary/aromatic N) is 1. The summed E-state index contributed by atoms with van der Waals surface area (Å²) >= 11 is 0. The van der Waals surface area contributed by atoms with Crippen LogP contribution in [-0.4, -0.2) is 41.1 Å². The van der Waals surface area contributed by atoms with E-state index in [1.165, 1.54) is 0 Å². The molecule has 0 aliphatic carbocycles. The SMILES string of the molecule is Cc1cccc(C)c1C(=O)N1CCC(C(=O)O)(C(F)(F)F)C1. The van der Waals surface area contributed by atoms with Crippen molar-refractivity contribution in [3.63, 3.8) is 0 Å². The highest BCUT2D eigenvalue weighted by Crippen LogP contribution is 2.46. The second-order valence-corrected chi connectivity index (χ2v) is 5.63. The van der Waals surface area contributed by atoms with Gasteiger partial charge in [-0.25, -0.2) is 0 Å². The lowest BCUT2D eigenvalue weighted by Crippen LogP contribution is -2.47. The highest BCUT2D eigenvalue weighted by Gasteiger charge is 2.64. The van der Waals surface area contributed by atoms with Crippen LogP contribution < -0.4 is 0 Å². The van der Waals surface area contributed by atoms with E-state index in [1.807, 2.05) is 0 Å². The minimum Gasteiger partial charge on any atom is -0.481 e. The van der Waals surface area contributed by atoms with Gasteiger partial charge in [0.05, 0.1) is 0 Å². The Hall–Kier alpha value is -2.05. The number of aryl methyl sites for hydroxylation is 2. The maximum absolute atomic E-state index is 13.1. The van der Waals surface area contributed by atoms with Crippen molar-refractivity contribution in [2.45, 2.75) is 26.4 Å². The Balaban J connectivity index is 2.34. The van der Waals surface area contributed by atoms with Gasteiger partial charge in [-0.3, -0.25) is 9.59 Å². The molecule has 1 saturated heterocycles. The van der Waals surface area contributed by atoms with Crippen LogP contribution in [0.3, 0.4) is 0 Å². The number of carbonyl (C=O) groups is 2. The van der Waals surface area contributed by atoms with Gasteiger partial charge < -0.3 is 10.0 Å². The van der Waals surface area contributed by atoms with E-state index in [0.29, 0.717) is 16.7 Å². The Morgan fingerprint density at radius 2 is 1.77 bits per heavy atom. The summed E-state index contributed by atoms with van der Waals surface area (Å²) in [7, 11) is 0. The molecule has 1 unspecified atom stereocenters. The summed E-state index contributed by atoms with van der Waals surface area (Å²) in [5.41, 5.74) is -1.22. The molecule has 2 rings (SSSR count). The highest BCUT2D eigenvalue weighted by atomic mass is 19.4. The molecule has 4 nitrogen and oxygen atoms in total.